The van der Waals surface area contributed by atoms with Crippen LogP contribution in [0.25, 0.3) is 0 Å². The average Bonchev–Trinajstić information content (AvgIpc) is 2.63. The molecule has 2 aliphatic rings. The fourth-order valence-electron chi connectivity index (χ4n) is 2.87. The molecule has 0 bridgehead atoms. The van der Waals surface area contributed by atoms with Crippen molar-refractivity contribution in [2.24, 2.45) is 0 Å². The number of benzene rings is 1. The number of amides is 2. The molecular weight excluding hydrogens is 362 g/mol. The summed E-state index contributed by atoms with van der Waals surface area (Å²) in [4.78, 5) is 26.6. The van der Waals surface area contributed by atoms with Gasteiger partial charge in [0.25, 0.3) is 5.91 Å². The van der Waals surface area contributed by atoms with Crippen LogP contribution in [0.4, 0.5) is 5.69 Å². The maximum absolute atomic E-state index is 12.5. The van der Waals surface area contributed by atoms with Crippen LogP contribution < -0.4 is 10.6 Å². The van der Waals surface area contributed by atoms with Gasteiger partial charge in [0.15, 0.2) is 0 Å². The number of carbonyl (C=O) groups excluding carboxylic acids is 2. The summed E-state index contributed by atoms with van der Waals surface area (Å²) in [5.41, 5.74) is 1.28. The lowest BCUT2D eigenvalue weighted by atomic mass is 10.1. The van der Waals surface area contributed by atoms with Crippen molar-refractivity contribution < 1.29 is 14.3 Å². The first-order valence-corrected chi connectivity index (χ1v) is 9.46. The molecule has 0 spiro atoms. The topological polar surface area (TPSA) is 70.7 Å². The zero-order valence-corrected chi connectivity index (χ0v) is 15.7. The number of nitrogens with zero attached hydrogens (tertiary/aromatic N) is 1. The van der Waals surface area contributed by atoms with Gasteiger partial charge in [-0.3, -0.25) is 9.59 Å². The lowest BCUT2D eigenvalue weighted by Crippen LogP contribution is -2.43. The molecule has 0 saturated carbocycles. The molecular formula is C17H24ClN3O3S. The number of rotatable bonds is 4. The smallest absolute Gasteiger partial charge is 0.253 e. The van der Waals surface area contributed by atoms with Crippen molar-refractivity contribution in [1.82, 2.24) is 10.2 Å². The second-order valence-corrected chi connectivity index (χ2v) is 7.19. The van der Waals surface area contributed by atoms with Crippen LogP contribution in [0.2, 0.25) is 0 Å². The van der Waals surface area contributed by atoms with Gasteiger partial charge in [-0.2, -0.15) is 11.8 Å². The fraction of sp³-hybridized carbons (Fsp3) is 0.529. The molecule has 3 rings (SSSR count). The summed E-state index contributed by atoms with van der Waals surface area (Å²) in [6.07, 6.45) is 0.363. The normalized spacial score (nSPS) is 20.5. The average molecular weight is 386 g/mol. The molecule has 138 valence electrons. The Labute approximate surface area is 158 Å². The first kappa shape index (κ1) is 20.0. The molecule has 25 heavy (non-hydrogen) atoms. The van der Waals surface area contributed by atoms with Gasteiger partial charge in [-0.05, 0) is 18.2 Å². The van der Waals surface area contributed by atoms with Crippen molar-refractivity contribution in [3.8, 4) is 0 Å². The molecule has 0 aromatic heterocycles. The maximum atomic E-state index is 12.5. The number of thioether (sulfide) groups is 1. The highest BCUT2D eigenvalue weighted by atomic mass is 35.5. The Morgan fingerprint density at radius 1 is 1.32 bits per heavy atom. The zero-order valence-electron chi connectivity index (χ0n) is 14.0. The Hall–Kier alpha value is -1.28. The van der Waals surface area contributed by atoms with Gasteiger partial charge < -0.3 is 20.3 Å². The Kier molecular flexibility index (Phi) is 8.02. The van der Waals surface area contributed by atoms with Gasteiger partial charge in [0.1, 0.15) is 0 Å². The van der Waals surface area contributed by atoms with Gasteiger partial charge in [-0.1, -0.05) is 6.07 Å². The molecule has 0 aliphatic carbocycles. The van der Waals surface area contributed by atoms with E-state index in [9.17, 15) is 9.59 Å². The lowest BCUT2D eigenvalue weighted by Gasteiger charge is -2.26. The number of carbonyl (C=O) groups is 2. The highest BCUT2D eigenvalue weighted by Crippen LogP contribution is 2.16. The van der Waals surface area contributed by atoms with Gasteiger partial charge in [-0.15, -0.1) is 12.4 Å². The molecule has 2 fully saturated rings. The van der Waals surface area contributed by atoms with Crippen molar-refractivity contribution >= 4 is 41.7 Å². The van der Waals surface area contributed by atoms with Crippen LogP contribution in [-0.2, 0) is 9.53 Å². The fourth-order valence-corrected chi connectivity index (χ4v) is 3.77. The van der Waals surface area contributed by atoms with Crippen LogP contribution in [0, 0.1) is 0 Å². The minimum atomic E-state index is -0.0722. The van der Waals surface area contributed by atoms with Crippen LogP contribution in [0.3, 0.4) is 0 Å². The molecule has 2 heterocycles. The van der Waals surface area contributed by atoms with Gasteiger partial charge in [0.05, 0.1) is 13.2 Å². The monoisotopic (exact) mass is 385 g/mol. The van der Waals surface area contributed by atoms with E-state index < -0.39 is 0 Å². The summed E-state index contributed by atoms with van der Waals surface area (Å²) in [6, 6.07) is 7.23. The lowest BCUT2D eigenvalue weighted by molar-refractivity contribution is -0.117. The van der Waals surface area contributed by atoms with E-state index in [1.54, 1.807) is 12.1 Å². The zero-order chi connectivity index (χ0) is 16.8. The van der Waals surface area contributed by atoms with Crippen LogP contribution in [0.15, 0.2) is 24.3 Å². The predicted molar refractivity (Wildman–Crippen MR) is 103 cm³/mol. The van der Waals surface area contributed by atoms with Crippen molar-refractivity contribution in [3.63, 3.8) is 0 Å². The second kappa shape index (κ2) is 10.0. The molecule has 8 heteroatoms. The summed E-state index contributed by atoms with van der Waals surface area (Å²) in [5.74, 6) is 1.93. The Bertz CT molecular complexity index is 590. The number of morpholine rings is 1. The summed E-state index contributed by atoms with van der Waals surface area (Å²) in [5, 5.41) is 6.14. The number of halogens is 1. The molecule has 2 aliphatic heterocycles. The van der Waals surface area contributed by atoms with Crippen molar-refractivity contribution in [1.29, 1.82) is 0 Å². The van der Waals surface area contributed by atoms with Crippen LogP contribution in [0.1, 0.15) is 16.8 Å². The van der Waals surface area contributed by atoms with Crippen molar-refractivity contribution in [2.45, 2.75) is 12.5 Å². The standard InChI is InChI=1S/C17H23N3O3S.ClH/c21-16(11-15-12-23-7-4-18-15)19-14-3-1-2-13(10-14)17(22)20-5-8-24-9-6-20;/h1-3,10,15,18H,4-9,11-12H2,(H,19,21);1H. The first-order chi connectivity index (χ1) is 11.7. The van der Waals surface area contributed by atoms with Crippen LogP contribution in [-0.4, -0.2) is 67.1 Å². The number of anilines is 1. The van der Waals surface area contributed by atoms with E-state index in [1.165, 1.54) is 0 Å². The minimum absolute atomic E-state index is 0. The molecule has 1 aromatic carbocycles. The summed E-state index contributed by atoms with van der Waals surface area (Å²) in [7, 11) is 0. The predicted octanol–water partition coefficient (Wildman–Crippen LogP) is 1.61. The largest absolute Gasteiger partial charge is 0.378 e. The number of hydrogen-bond acceptors (Lipinski definition) is 5. The van der Waals surface area contributed by atoms with Crippen LogP contribution in [0.5, 0.6) is 0 Å². The third kappa shape index (κ3) is 5.88. The summed E-state index contributed by atoms with van der Waals surface area (Å²) < 4.78 is 5.36. The first-order valence-electron chi connectivity index (χ1n) is 8.30. The number of nitrogens with one attached hydrogen (secondary N) is 2. The highest BCUT2D eigenvalue weighted by Gasteiger charge is 2.20. The SMILES string of the molecule is Cl.O=C(CC1COCCN1)Nc1cccc(C(=O)N2CCSCC2)c1. The second-order valence-electron chi connectivity index (χ2n) is 5.96. The molecule has 0 radical (unpaired) electrons. The van der Waals surface area contributed by atoms with E-state index in [2.05, 4.69) is 10.6 Å². The van der Waals surface area contributed by atoms with E-state index in [0.29, 0.717) is 30.9 Å². The Balaban J connectivity index is 0.00000225. The Morgan fingerprint density at radius 3 is 2.84 bits per heavy atom. The molecule has 1 atom stereocenters. The third-order valence-corrected chi connectivity index (χ3v) is 5.06. The Morgan fingerprint density at radius 2 is 2.12 bits per heavy atom. The van der Waals surface area contributed by atoms with E-state index in [4.69, 9.17) is 4.74 Å². The van der Waals surface area contributed by atoms with Gasteiger partial charge in [0.2, 0.25) is 5.91 Å². The minimum Gasteiger partial charge on any atom is -0.378 e. The van der Waals surface area contributed by atoms with E-state index in [-0.39, 0.29) is 30.3 Å². The highest BCUT2D eigenvalue weighted by molar-refractivity contribution is 7.99. The number of hydrogen-bond donors (Lipinski definition) is 2. The quantitative estimate of drug-likeness (QED) is 0.824. The van der Waals surface area contributed by atoms with E-state index in [1.807, 2.05) is 28.8 Å². The molecule has 2 saturated heterocycles. The van der Waals surface area contributed by atoms with Crippen LogP contribution >= 0.6 is 24.2 Å². The third-order valence-electron chi connectivity index (χ3n) is 4.12. The van der Waals surface area contributed by atoms with E-state index in [0.717, 1.165) is 31.1 Å². The molecule has 1 unspecified atom stereocenters. The molecule has 2 amide bonds. The number of ether oxygens (including phenoxy) is 1. The molecule has 6 nitrogen and oxygen atoms in total. The van der Waals surface area contributed by atoms with Gasteiger partial charge in [0, 0.05) is 54.9 Å². The maximum Gasteiger partial charge on any atom is 0.253 e. The van der Waals surface area contributed by atoms with Gasteiger partial charge >= 0.3 is 0 Å². The summed E-state index contributed by atoms with van der Waals surface area (Å²) in [6.45, 7) is 3.59. The van der Waals surface area contributed by atoms with Crippen molar-refractivity contribution in [3.05, 3.63) is 29.8 Å². The van der Waals surface area contributed by atoms with E-state index >= 15 is 0 Å². The molecule has 2 N–H and O–H groups in total. The summed E-state index contributed by atoms with van der Waals surface area (Å²) >= 11 is 1.87. The van der Waals surface area contributed by atoms with Gasteiger partial charge in [-0.25, -0.2) is 0 Å². The van der Waals surface area contributed by atoms with Crippen molar-refractivity contribution in [2.75, 3.05) is 49.7 Å². The molecule has 1 aromatic rings.